The van der Waals surface area contributed by atoms with E-state index in [9.17, 15) is 9.59 Å². The molecule has 24 heavy (non-hydrogen) atoms. The highest BCUT2D eigenvalue weighted by Gasteiger charge is 2.13. The SMILES string of the molecule is CCOc1ccc(C(=O)OCC(=O)N[C@H](C)c2ccccc2)cc1. The first kappa shape index (κ1) is 17.5. The number of benzene rings is 2. The number of carbonyl (C=O) groups is 2. The average Bonchev–Trinajstić information content (AvgIpc) is 2.61. The molecular weight excluding hydrogens is 306 g/mol. The van der Waals surface area contributed by atoms with Gasteiger partial charge in [0.05, 0.1) is 18.2 Å². The summed E-state index contributed by atoms with van der Waals surface area (Å²) in [5.41, 5.74) is 1.37. The molecule has 0 bridgehead atoms. The second-order valence-electron chi connectivity index (χ2n) is 5.23. The van der Waals surface area contributed by atoms with E-state index in [2.05, 4.69) is 5.32 Å². The maximum Gasteiger partial charge on any atom is 0.338 e. The van der Waals surface area contributed by atoms with E-state index in [1.165, 1.54) is 0 Å². The van der Waals surface area contributed by atoms with E-state index in [0.29, 0.717) is 17.9 Å². The molecule has 0 aromatic heterocycles. The summed E-state index contributed by atoms with van der Waals surface area (Å²) in [7, 11) is 0. The molecule has 0 radical (unpaired) electrons. The van der Waals surface area contributed by atoms with Gasteiger partial charge >= 0.3 is 5.97 Å². The third-order valence-electron chi connectivity index (χ3n) is 3.41. The quantitative estimate of drug-likeness (QED) is 0.794. The van der Waals surface area contributed by atoms with Crippen molar-refractivity contribution in [3.63, 3.8) is 0 Å². The lowest BCUT2D eigenvalue weighted by Gasteiger charge is -2.14. The standard InChI is InChI=1S/C19H21NO4/c1-3-23-17-11-9-16(10-12-17)19(22)24-13-18(21)20-14(2)15-7-5-4-6-8-15/h4-12,14H,3,13H2,1-2H3,(H,20,21)/t14-/m1/s1. The molecule has 1 N–H and O–H groups in total. The predicted octanol–water partition coefficient (Wildman–Crippen LogP) is 3.12. The van der Waals surface area contributed by atoms with E-state index in [-0.39, 0.29) is 18.6 Å². The van der Waals surface area contributed by atoms with E-state index in [0.717, 1.165) is 5.56 Å². The summed E-state index contributed by atoms with van der Waals surface area (Å²) in [5.74, 6) is -0.199. The Morgan fingerprint density at radius 3 is 2.33 bits per heavy atom. The zero-order chi connectivity index (χ0) is 17.4. The minimum Gasteiger partial charge on any atom is -0.494 e. The first-order valence-electron chi connectivity index (χ1n) is 7.84. The second-order valence-corrected chi connectivity index (χ2v) is 5.23. The van der Waals surface area contributed by atoms with Crippen molar-refractivity contribution in [3.05, 3.63) is 65.7 Å². The highest BCUT2D eigenvalue weighted by atomic mass is 16.5. The number of esters is 1. The van der Waals surface area contributed by atoms with Crippen molar-refractivity contribution >= 4 is 11.9 Å². The first-order valence-corrected chi connectivity index (χ1v) is 7.84. The highest BCUT2D eigenvalue weighted by molar-refractivity contribution is 5.91. The van der Waals surface area contributed by atoms with Crippen molar-refractivity contribution < 1.29 is 19.1 Å². The van der Waals surface area contributed by atoms with Gasteiger partial charge in [-0.05, 0) is 43.7 Å². The van der Waals surface area contributed by atoms with E-state index < -0.39 is 5.97 Å². The monoisotopic (exact) mass is 327 g/mol. The van der Waals surface area contributed by atoms with E-state index >= 15 is 0 Å². The van der Waals surface area contributed by atoms with Gasteiger partial charge in [0.25, 0.3) is 5.91 Å². The van der Waals surface area contributed by atoms with Crippen LogP contribution in [0.2, 0.25) is 0 Å². The lowest BCUT2D eigenvalue weighted by Crippen LogP contribution is -2.31. The molecule has 2 aromatic rings. The molecule has 0 heterocycles. The summed E-state index contributed by atoms with van der Waals surface area (Å²) >= 11 is 0. The van der Waals surface area contributed by atoms with Crippen molar-refractivity contribution in [1.82, 2.24) is 5.32 Å². The Morgan fingerprint density at radius 1 is 1.04 bits per heavy atom. The van der Waals surface area contributed by atoms with Crippen LogP contribution in [0.1, 0.15) is 35.8 Å². The summed E-state index contributed by atoms with van der Waals surface area (Å²) in [6.45, 7) is 4.01. The van der Waals surface area contributed by atoms with E-state index in [4.69, 9.17) is 9.47 Å². The molecule has 126 valence electrons. The molecule has 2 rings (SSSR count). The van der Waals surface area contributed by atoms with Crippen molar-refractivity contribution in [1.29, 1.82) is 0 Å². The van der Waals surface area contributed by atoms with Gasteiger partial charge < -0.3 is 14.8 Å². The van der Waals surface area contributed by atoms with Crippen LogP contribution in [0.4, 0.5) is 0 Å². The largest absolute Gasteiger partial charge is 0.494 e. The third kappa shape index (κ3) is 5.12. The molecule has 5 nitrogen and oxygen atoms in total. The number of carbonyl (C=O) groups excluding carboxylic acids is 2. The van der Waals surface area contributed by atoms with Gasteiger partial charge in [-0.1, -0.05) is 30.3 Å². The molecule has 1 amide bonds. The van der Waals surface area contributed by atoms with Crippen LogP contribution in [0.5, 0.6) is 5.75 Å². The molecule has 2 aromatic carbocycles. The van der Waals surface area contributed by atoms with Crippen LogP contribution in [-0.2, 0) is 9.53 Å². The highest BCUT2D eigenvalue weighted by Crippen LogP contribution is 2.13. The number of amides is 1. The minimum absolute atomic E-state index is 0.150. The van der Waals surface area contributed by atoms with Crippen molar-refractivity contribution in [2.45, 2.75) is 19.9 Å². The number of hydrogen-bond donors (Lipinski definition) is 1. The van der Waals surface area contributed by atoms with Crippen molar-refractivity contribution in [2.24, 2.45) is 0 Å². The zero-order valence-corrected chi connectivity index (χ0v) is 13.8. The molecule has 0 saturated carbocycles. The average molecular weight is 327 g/mol. The van der Waals surface area contributed by atoms with Crippen LogP contribution in [0, 0.1) is 0 Å². The molecule has 0 aliphatic heterocycles. The Hall–Kier alpha value is -2.82. The van der Waals surface area contributed by atoms with Crippen LogP contribution in [0.15, 0.2) is 54.6 Å². The maximum atomic E-state index is 11.9. The maximum absolute atomic E-state index is 11.9. The number of ether oxygens (including phenoxy) is 2. The first-order chi connectivity index (χ1) is 11.6. The van der Waals surface area contributed by atoms with Gasteiger partial charge in [0.1, 0.15) is 5.75 Å². The summed E-state index contributed by atoms with van der Waals surface area (Å²) in [6.07, 6.45) is 0. The Morgan fingerprint density at radius 2 is 1.71 bits per heavy atom. The Labute approximate surface area is 141 Å². The van der Waals surface area contributed by atoms with Gasteiger partial charge in [0.15, 0.2) is 6.61 Å². The summed E-state index contributed by atoms with van der Waals surface area (Å²) in [5, 5.41) is 2.79. The van der Waals surface area contributed by atoms with Gasteiger partial charge in [-0.2, -0.15) is 0 Å². The molecular formula is C19H21NO4. The molecule has 0 spiro atoms. The number of hydrogen-bond acceptors (Lipinski definition) is 4. The Kier molecular flexibility index (Phi) is 6.37. The fraction of sp³-hybridized carbons (Fsp3) is 0.263. The topological polar surface area (TPSA) is 64.6 Å². The molecule has 5 heteroatoms. The number of nitrogens with one attached hydrogen (secondary N) is 1. The summed E-state index contributed by atoms with van der Waals surface area (Å²) < 4.78 is 10.3. The summed E-state index contributed by atoms with van der Waals surface area (Å²) in [6, 6.07) is 16.0. The van der Waals surface area contributed by atoms with Gasteiger partial charge in [0, 0.05) is 0 Å². The van der Waals surface area contributed by atoms with Crippen LogP contribution in [-0.4, -0.2) is 25.1 Å². The zero-order valence-electron chi connectivity index (χ0n) is 13.8. The summed E-state index contributed by atoms with van der Waals surface area (Å²) in [4.78, 5) is 23.8. The van der Waals surface area contributed by atoms with E-state index in [1.54, 1.807) is 24.3 Å². The fourth-order valence-electron chi connectivity index (χ4n) is 2.18. The Bertz CT molecular complexity index is 668. The van der Waals surface area contributed by atoms with Crippen LogP contribution in [0.25, 0.3) is 0 Å². The number of rotatable bonds is 7. The van der Waals surface area contributed by atoms with Gasteiger partial charge in [-0.15, -0.1) is 0 Å². The van der Waals surface area contributed by atoms with Crippen LogP contribution >= 0.6 is 0 Å². The second kappa shape index (κ2) is 8.72. The van der Waals surface area contributed by atoms with Gasteiger partial charge in [-0.25, -0.2) is 4.79 Å². The van der Waals surface area contributed by atoms with Gasteiger partial charge in [0.2, 0.25) is 0 Å². The van der Waals surface area contributed by atoms with Crippen LogP contribution in [0.3, 0.4) is 0 Å². The van der Waals surface area contributed by atoms with Gasteiger partial charge in [-0.3, -0.25) is 4.79 Å². The fourth-order valence-corrected chi connectivity index (χ4v) is 2.18. The van der Waals surface area contributed by atoms with E-state index in [1.807, 2.05) is 44.2 Å². The lowest BCUT2D eigenvalue weighted by atomic mass is 10.1. The minimum atomic E-state index is -0.541. The molecule has 0 unspecified atom stereocenters. The molecule has 0 aliphatic carbocycles. The Balaban J connectivity index is 1.81. The lowest BCUT2D eigenvalue weighted by molar-refractivity contribution is -0.124. The normalized spacial score (nSPS) is 11.4. The molecule has 0 fully saturated rings. The third-order valence-corrected chi connectivity index (χ3v) is 3.41. The molecule has 0 aliphatic rings. The predicted molar refractivity (Wildman–Crippen MR) is 90.9 cm³/mol. The molecule has 1 atom stereocenters. The smallest absolute Gasteiger partial charge is 0.338 e. The van der Waals surface area contributed by atoms with Crippen molar-refractivity contribution in [2.75, 3.05) is 13.2 Å². The van der Waals surface area contributed by atoms with Crippen LogP contribution < -0.4 is 10.1 Å². The molecule has 0 saturated heterocycles. The van der Waals surface area contributed by atoms with Crippen molar-refractivity contribution in [3.8, 4) is 5.75 Å².